The molecule has 0 fully saturated rings. The van der Waals surface area contributed by atoms with E-state index in [4.69, 9.17) is 9.47 Å². The van der Waals surface area contributed by atoms with Crippen molar-refractivity contribution in [1.82, 2.24) is 5.32 Å². The summed E-state index contributed by atoms with van der Waals surface area (Å²) in [4.78, 5) is 36.0. The van der Waals surface area contributed by atoms with Crippen LogP contribution in [0.25, 0.3) is 0 Å². The third kappa shape index (κ3) is 10.5. The molecular weight excluding hydrogens is 422 g/mol. The normalized spacial score (nSPS) is 10.8. The number of amides is 3. The second kappa shape index (κ2) is 12.5. The number of anilines is 2. The van der Waals surface area contributed by atoms with Crippen LogP contribution in [0.5, 0.6) is 5.75 Å². The number of carbonyl (C=O) groups is 3. The van der Waals surface area contributed by atoms with Gasteiger partial charge in [0.25, 0.3) is 0 Å². The van der Waals surface area contributed by atoms with Gasteiger partial charge in [-0.3, -0.25) is 9.59 Å². The molecule has 2 aromatic rings. The van der Waals surface area contributed by atoms with Crippen LogP contribution in [0.1, 0.15) is 45.6 Å². The fourth-order valence-electron chi connectivity index (χ4n) is 2.85. The van der Waals surface area contributed by atoms with Gasteiger partial charge in [0.15, 0.2) is 0 Å². The Kier molecular flexibility index (Phi) is 9.72. The molecule has 0 bridgehead atoms. The van der Waals surface area contributed by atoms with Gasteiger partial charge < -0.3 is 25.4 Å². The number of rotatable bonds is 10. The van der Waals surface area contributed by atoms with Crippen molar-refractivity contribution < 1.29 is 23.9 Å². The molecule has 0 unspecified atom stereocenters. The first-order valence-corrected chi connectivity index (χ1v) is 11.0. The molecular formula is C25H33N3O5. The smallest absolute Gasteiger partial charge is 0.407 e. The van der Waals surface area contributed by atoms with E-state index in [0.29, 0.717) is 30.8 Å². The van der Waals surface area contributed by atoms with Crippen molar-refractivity contribution in [1.29, 1.82) is 0 Å². The maximum atomic E-state index is 12.2. The number of alkyl carbamates (subject to hydrolysis) is 1. The minimum atomic E-state index is -0.592. The van der Waals surface area contributed by atoms with Crippen molar-refractivity contribution in [2.75, 3.05) is 23.8 Å². The minimum Gasteiger partial charge on any atom is -0.493 e. The van der Waals surface area contributed by atoms with E-state index in [9.17, 15) is 14.4 Å². The van der Waals surface area contributed by atoms with Gasteiger partial charge in [0.05, 0.1) is 6.61 Å². The fraction of sp³-hybridized carbons (Fsp3) is 0.400. The summed E-state index contributed by atoms with van der Waals surface area (Å²) < 4.78 is 10.8. The third-order valence-corrected chi connectivity index (χ3v) is 4.35. The van der Waals surface area contributed by atoms with Crippen LogP contribution >= 0.6 is 0 Å². The average Bonchev–Trinajstić information content (AvgIpc) is 2.71. The monoisotopic (exact) mass is 455 g/mol. The molecule has 0 aliphatic rings. The van der Waals surface area contributed by atoms with E-state index in [1.54, 1.807) is 45.0 Å². The number of aryl methyl sites for hydroxylation is 1. The Morgan fingerprint density at radius 1 is 0.879 bits per heavy atom. The largest absolute Gasteiger partial charge is 0.493 e. The van der Waals surface area contributed by atoms with Crippen molar-refractivity contribution in [3.63, 3.8) is 0 Å². The summed E-state index contributed by atoms with van der Waals surface area (Å²) in [5.74, 6) is 0.430. The van der Waals surface area contributed by atoms with Gasteiger partial charge in [0.1, 0.15) is 11.4 Å². The summed E-state index contributed by atoms with van der Waals surface area (Å²) >= 11 is 0. The molecule has 178 valence electrons. The van der Waals surface area contributed by atoms with Gasteiger partial charge in [-0.25, -0.2) is 4.79 Å². The van der Waals surface area contributed by atoms with E-state index in [1.165, 1.54) is 0 Å². The molecule has 8 heteroatoms. The van der Waals surface area contributed by atoms with Crippen LogP contribution in [-0.2, 0) is 14.3 Å². The highest BCUT2D eigenvalue weighted by atomic mass is 16.6. The van der Waals surface area contributed by atoms with Crippen LogP contribution in [0.3, 0.4) is 0 Å². The number of hydrogen-bond donors (Lipinski definition) is 3. The molecule has 0 atom stereocenters. The molecule has 0 aromatic heterocycles. The van der Waals surface area contributed by atoms with Gasteiger partial charge in [-0.2, -0.15) is 0 Å². The Hall–Kier alpha value is -3.55. The fourth-order valence-corrected chi connectivity index (χ4v) is 2.85. The first kappa shape index (κ1) is 25.7. The molecule has 0 radical (unpaired) electrons. The van der Waals surface area contributed by atoms with Gasteiger partial charge in [-0.15, -0.1) is 0 Å². The zero-order chi connectivity index (χ0) is 24.3. The first-order chi connectivity index (χ1) is 15.6. The zero-order valence-corrected chi connectivity index (χ0v) is 19.7. The zero-order valence-electron chi connectivity index (χ0n) is 19.7. The van der Waals surface area contributed by atoms with Crippen LogP contribution in [0.2, 0.25) is 0 Å². The highest BCUT2D eigenvalue weighted by Gasteiger charge is 2.16. The van der Waals surface area contributed by atoms with Crippen LogP contribution in [0.15, 0.2) is 48.5 Å². The molecule has 0 saturated carbocycles. The van der Waals surface area contributed by atoms with Crippen LogP contribution in [0, 0.1) is 6.92 Å². The molecule has 33 heavy (non-hydrogen) atoms. The molecule has 2 aromatic carbocycles. The van der Waals surface area contributed by atoms with Gasteiger partial charge >= 0.3 is 6.09 Å². The lowest BCUT2D eigenvalue weighted by atomic mass is 10.2. The highest BCUT2D eigenvalue weighted by Crippen LogP contribution is 2.17. The average molecular weight is 456 g/mol. The Labute approximate surface area is 195 Å². The lowest BCUT2D eigenvalue weighted by Crippen LogP contribution is -2.34. The second-order valence-corrected chi connectivity index (χ2v) is 8.57. The van der Waals surface area contributed by atoms with Crippen molar-refractivity contribution in [3.05, 3.63) is 54.1 Å². The number of ether oxygens (including phenoxy) is 2. The van der Waals surface area contributed by atoms with E-state index in [1.807, 2.05) is 31.2 Å². The molecule has 0 heterocycles. The predicted molar refractivity (Wildman–Crippen MR) is 128 cm³/mol. The highest BCUT2D eigenvalue weighted by molar-refractivity contribution is 5.94. The maximum Gasteiger partial charge on any atom is 0.407 e. The molecule has 0 spiro atoms. The van der Waals surface area contributed by atoms with Crippen molar-refractivity contribution >= 4 is 29.3 Å². The molecule has 0 aliphatic carbocycles. The minimum absolute atomic E-state index is 0.0940. The number of carbonyl (C=O) groups excluding carboxylic acids is 3. The summed E-state index contributed by atoms with van der Waals surface area (Å²) in [7, 11) is 0. The Morgan fingerprint density at radius 3 is 2.15 bits per heavy atom. The molecule has 0 aliphatic heterocycles. The van der Waals surface area contributed by atoms with E-state index >= 15 is 0 Å². The van der Waals surface area contributed by atoms with E-state index in [0.717, 1.165) is 11.3 Å². The molecule has 8 nitrogen and oxygen atoms in total. The number of nitrogens with one attached hydrogen (secondary N) is 3. The summed E-state index contributed by atoms with van der Waals surface area (Å²) in [5, 5.41) is 8.12. The Morgan fingerprint density at radius 2 is 1.52 bits per heavy atom. The molecule has 3 amide bonds. The molecule has 0 saturated heterocycles. The van der Waals surface area contributed by atoms with Crippen LogP contribution < -0.4 is 20.7 Å². The Balaban J connectivity index is 1.70. The second-order valence-electron chi connectivity index (χ2n) is 8.57. The van der Waals surface area contributed by atoms with E-state index in [2.05, 4.69) is 16.0 Å². The van der Waals surface area contributed by atoms with Crippen LogP contribution in [0.4, 0.5) is 16.2 Å². The summed E-state index contributed by atoms with van der Waals surface area (Å²) in [6.45, 7) is 7.89. The van der Waals surface area contributed by atoms with Crippen molar-refractivity contribution in [3.8, 4) is 5.75 Å². The topological polar surface area (TPSA) is 106 Å². The van der Waals surface area contributed by atoms with Gasteiger partial charge in [0.2, 0.25) is 11.8 Å². The maximum absolute atomic E-state index is 12.2. The number of para-hydroxylation sites is 1. The lowest BCUT2D eigenvalue weighted by Gasteiger charge is -2.19. The summed E-state index contributed by atoms with van der Waals surface area (Å²) in [6.07, 6.45) is 0.431. The standard InChI is InChI=1S/C25H33N3O5/c1-18-9-5-6-12-21(18)32-16-8-13-22(29)27-19-10-7-11-20(17-19)28-23(30)14-15-26-24(31)33-25(2,3)4/h5-7,9-12,17H,8,13-16H2,1-4H3,(H,26,31)(H,27,29)(H,28,30). The Bertz CT molecular complexity index is 953. The first-order valence-electron chi connectivity index (χ1n) is 11.0. The van der Waals surface area contributed by atoms with Crippen LogP contribution in [-0.4, -0.2) is 36.7 Å². The molecule has 3 N–H and O–H groups in total. The quantitative estimate of drug-likeness (QED) is 0.453. The third-order valence-electron chi connectivity index (χ3n) is 4.35. The number of benzene rings is 2. The summed E-state index contributed by atoms with van der Waals surface area (Å²) in [5.41, 5.74) is 1.61. The number of hydrogen-bond acceptors (Lipinski definition) is 5. The lowest BCUT2D eigenvalue weighted by molar-refractivity contribution is -0.117. The molecule has 2 rings (SSSR count). The van der Waals surface area contributed by atoms with Crippen molar-refractivity contribution in [2.24, 2.45) is 0 Å². The summed E-state index contributed by atoms with van der Waals surface area (Å²) in [6, 6.07) is 14.7. The van der Waals surface area contributed by atoms with Gasteiger partial charge in [0, 0.05) is 30.8 Å². The van der Waals surface area contributed by atoms with Gasteiger partial charge in [-0.05, 0) is 63.9 Å². The van der Waals surface area contributed by atoms with E-state index in [-0.39, 0.29) is 24.8 Å². The van der Waals surface area contributed by atoms with E-state index < -0.39 is 11.7 Å². The van der Waals surface area contributed by atoms with Gasteiger partial charge in [-0.1, -0.05) is 24.3 Å². The SMILES string of the molecule is Cc1ccccc1OCCCC(=O)Nc1cccc(NC(=O)CCNC(=O)OC(C)(C)C)c1. The predicted octanol–water partition coefficient (Wildman–Crippen LogP) is 4.65. The van der Waals surface area contributed by atoms with Crippen molar-refractivity contribution in [2.45, 2.75) is 52.6 Å².